The van der Waals surface area contributed by atoms with Crippen LogP contribution in [0, 0.1) is 19.8 Å². The molecule has 5 heteroatoms. The number of aryl methyl sites for hydroxylation is 2. The van der Waals surface area contributed by atoms with Crippen LogP contribution >= 0.6 is 15.9 Å². The van der Waals surface area contributed by atoms with Crippen LogP contribution in [-0.4, -0.2) is 22.2 Å². The van der Waals surface area contributed by atoms with Crippen molar-refractivity contribution in [2.24, 2.45) is 5.92 Å². The average Bonchev–Trinajstić information content (AvgIpc) is 3.09. The molecule has 1 aromatic rings. The van der Waals surface area contributed by atoms with Gasteiger partial charge in [0.2, 0.25) is 5.91 Å². The molecule has 1 amide bonds. The predicted molar refractivity (Wildman–Crippen MR) is 69.8 cm³/mol. The Balaban J connectivity index is 1.79. The maximum atomic E-state index is 11.6. The van der Waals surface area contributed by atoms with Crippen molar-refractivity contribution in [2.45, 2.75) is 39.7 Å². The number of carbonyl (C=O) groups is 1. The number of rotatable bonds is 5. The van der Waals surface area contributed by atoms with Gasteiger partial charge in [0.25, 0.3) is 0 Å². The first-order chi connectivity index (χ1) is 8.08. The Morgan fingerprint density at radius 1 is 1.53 bits per heavy atom. The first kappa shape index (κ1) is 12.6. The van der Waals surface area contributed by atoms with Crippen LogP contribution in [-0.2, 0) is 11.3 Å². The summed E-state index contributed by atoms with van der Waals surface area (Å²) in [5, 5.41) is 7.34. The molecule has 1 heterocycles. The molecule has 2 rings (SSSR count). The van der Waals surface area contributed by atoms with Crippen molar-refractivity contribution in [3.63, 3.8) is 0 Å². The number of carbonyl (C=O) groups excluding carboxylic acids is 1. The topological polar surface area (TPSA) is 46.9 Å². The first-order valence-electron chi connectivity index (χ1n) is 6.04. The van der Waals surface area contributed by atoms with Crippen LogP contribution in [0.2, 0.25) is 0 Å². The number of halogens is 1. The largest absolute Gasteiger partial charge is 0.356 e. The maximum absolute atomic E-state index is 11.6. The quantitative estimate of drug-likeness (QED) is 0.906. The van der Waals surface area contributed by atoms with Gasteiger partial charge in [0.15, 0.2) is 0 Å². The Morgan fingerprint density at radius 2 is 2.24 bits per heavy atom. The van der Waals surface area contributed by atoms with Gasteiger partial charge in [-0.15, -0.1) is 0 Å². The Labute approximate surface area is 110 Å². The first-order valence-corrected chi connectivity index (χ1v) is 6.83. The summed E-state index contributed by atoms with van der Waals surface area (Å²) in [7, 11) is 0. The summed E-state index contributed by atoms with van der Waals surface area (Å²) in [6.07, 6.45) is 3.04. The summed E-state index contributed by atoms with van der Waals surface area (Å²) in [6.45, 7) is 5.46. The van der Waals surface area contributed by atoms with Crippen molar-refractivity contribution in [1.29, 1.82) is 0 Å². The lowest BCUT2D eigenvalue weighted by atomic mass is 10.3. The Hall–Kier alpha value is -0.840. The fourth-order valence-corrected chi connectivity index (χ4v) is 2.05. The van der Waals surface area contributed by atoms with E-state index < -0.39 is 0 Å². The molecule has 0 atom stereocenters. The van der Waals surface area contributed by atoms with Crippen LogP contribution in [0.25, 0.3) is 0 Å². The van der Waals surface area contributed by atoms with Gasteiger partial charge in [-0.3, -0.25) is 9.48 Å². The van der Waals surface area contributed by atoms with E-state index >= 15 is 0 Å². The summed E-state index contributed by atoms with van der Waals surface area (Å²) in [5.41, 5.74) is 2.05. The second-order valence-electron chi connectivity index (χ2n) is 4.71. The normalized spacial score (nSPS) is 15.0. The molecule has 0 aromatic carbocycles. The van der Waals surface area contributed by atoms with E-state index in [2.05, 4.69) is 26.3 Å². The summed E-state index contributed by atoms with van der Waals surface area (Å²) >= 11 is 3.48. The van der Waals surface area contributed by atoms with Crippen LogP contribution in [0.15, 0.2) is 4.47 Å². The Morgan fingerprint density at radius 3 is 2.76 bits per heavy atom. The highest BCUT2D eigenvalue weighted by Gasteiger charge is 2.21. The number of nitrogens with one attached hydrogen (secondary N) is 1. The predicted octanol–water partition coefficient (Wildman–Crippen LogP) is 2.18. The van der Waals surface area contributed by atoms with Crippen LogP contribution in [0.3, 0.4) is 0 Å². The molecule has 1 N–H and O–H groups in total. The molecular weight excluding hydrogens is 282 g/mol. The van der Waals surface area contributed by atoms with Crippen molar-refractivity contribution in [1.82, 2.24) is 15.1 Å². The Kier molecular flexibility index (Phi) is 3.86. The smallest absolute Gasteiger partial charge is 0.221 e. The molecule has 0 radical (unpaired) electrons. The van der Waals surface area contributed by atoms with Gasteiger partial charge in [-0.2, -0.15) is 5.10 Å². The highest BCUT2D eigenvalue weighted by Crippen LogP contribution is 2.27. The second kappa shape index (κ2) is 5.21. The third-order valence-electron chi connectivity index (χ3n) is 3.13. The van der Waals surface area contributed by atoms with Gasteiger partial charge in [-0.1, -0.05) is 0 Å². The van der Waals surface area contributed by atoms with Gasteiger partial charge in [-0.05, 0) is 48.5 Å². The molecule has 1 aromatic heterocycles. The summed E-state index contributed by atoms with van der Waals surface area (Å²) in [6, 6.07) is 0. The minimum atomic E-state index is 0.126. The molecule has 0 saturated heterocycles. The van der Waals surface area contributed by atoms with Crippen molar-refractivity contribution in [2.75, 3.05) is 6.54 Å². The zero-order valence-electron chi connectivity index (χ0n) is 10.3. The number of aromatic nitrogens is 2. The molecule has 94 valence electrons. The lowest BCUT2D eigenvalue weighted by molar-refractivity contribution is -0.121. The summed E-state index contributed by atoms with van der Waals surface area (Å²) in [4.78, 5) is 11.6. The van der Waals surface area contributed by atoms with Crippen molar-refractivity contribution in [3.05, 3.63) is 15.9 Å². The van der Waals surface area contributed by atoms with Crippen molar-refractivity contribution < 1.29 is 4.79 Å². The molecule has 1 fully saturated rings. The summed E-state index contributed by atoms with van der Waals surface area (Å²) in [5.74, 6) is 0.863. The minimum Gasteiger partial charge on any atom is -0.356 e. The van der Waals surface area contributed by atoms with E-state index in [4.69, 9.17) is 0 Å². The molecule has 1 aliphatic carbocycles. The third-order valence-corrected chi connectivity index (χ3v) is 4.28. The van der Waals surface area contributed by atoms with E-state index in [1.165, 1.54) is 12.8 Å². The molecule has 1 aliphatic rings. The van der Waals surface area contributed by atoms with Crippen molar-refractivity contribution in [3.8, 4) is 0 Å². The number of hydrogen-bond acceptors (Lipinski definition) is 2. The van der Waals surface area contributed by atoms with Gasteiger partial charge < -0.3 is 5.32 Å². The van der Waals surface area contributed by atoms with Crippen molar-refractivity contribution >= 4 is 21.8 Å². The molecule has 4 nitrogen and oxygen atoms in total. The van der Waals surface area contributed by atoms with E-state index in [0.29, 0.717) is 13.0 Å². The molecule has 0 unspecified atom stereocenters. The highest BCUT2D eigenvalue weighted by molar-refractivity contribution is 9.10. The molecule has 0 bridgehead atoms. The second-order valence-corrected chi connectivity index (χ2v) is 5.50. The van der Waals surface area contributed by atoms with Crippen LogP contribution in [0.1, 0.15) is 30.7 Å². The Bertz CT molecular complexity index is 424. The van der Waals surface area contributed by atoms with Gasteiger partial charge in [0, 0.05) is 18.7 Å². The maximum Gasteiger partial charge on any atom is 0.221 e. The van der Waals surface area contributed by atoms with E-state index in [0.717, 1.165) is 28.3 Å². The highest BCUT2D eigenvalue weighted by atomic mass is 79.9. The zero-order valence-corrected chi connectivity index (χ0v) is 11.9. The third kappa shape index (κ3) is 3.31. The van der Waals surface area contributed by atoms with Gasteiger partial charge in [-0.25, -0.2) is 0 Å². The molecular formula is C12H18BrN3O. The molecule has 0 spiro atoms. The fourth-order valence-electron chi connectivity index (χ4n) is 1.77. The molecule has 1 saturated carbocycles. The zero-order chi connectivity index (χ0) is 12.4. The average molecular weight is 300 g/mol. The molecule has 0 aliphatic heterocycles. The van der Waals surface area contributed by atoms with Crippen LogP contribution in [0.5, 0.6) is 0 Å². The molecule has 17 heavy (non-hydrogen) atoms. The lowest BCUT2D eigenvalue weighted by Gasteiger charge is -2.05. The monoisotopic (exact) mass is 299 g/mol. The van der Waals surface area contributed by atoms with E-state index in [9.17, 15) is 4.79 Å². The minimum absolute atomic E-state index is 0.126. The lowest BCUT2D eigenvalue weighted by Crippen LogP contribution is -2.26. The van der Waals surface area contributed by atoms with Gasteiger partial charge in [0.05, 0.1) is 16.7 Å². The van der Waals surface area contributed by atoms with Crippen LogP contribution < -0.4 is 5.32 Å². The van der Waals surface area contributed by atoms with Gasteiger partial charge >= 0.3 is 0 Å². The SMILES string of the molecule is Cc1nn(CCC(=O)NCC2CC2)c(C)c1Br. The van der Waals surface area contributed by atoms with E-state index in [1.54, 1.807) is 0 Å². The number of hydrogen-bond donors (Lipinski definition) is 1. The van der Waals surface area contributed by atoms with Gasteiger partial charge in [0.1, 0.15) is 0 Å². The number of amides is 1. The van der Waals surface area contributed by atoms with Crippen LogP contribution in [0.4, 0.5) is 0 Å². The summed E-state index contributed by atoms with van der Waals surface area (Å²) < 4.78 is 2.92. The van der Waals surface area contributed by atoms with E-state index in [-0.39, 0.29) is 5.91 Å². The standard InChI is InChI=1S/C12H18BrN3O/c1-8-12(13)9(2)16(15-8)6-5-11(17)14-7-10-3-4-10/h10H,3-7H2,1-2H3,(H,14,17). The number of nitrogens with zero attached hydrogens (tertiary/aromatic N) is 2. The fraction of sp³-hybridized carbons (Fsp3) is 0.667. The van der Waals surface area contributed by atoms with E-state index in [1.807, 2.05) is 18.5 Å².